The maximum atomic E-state index is 9.46. The molecule has 4 heterocycles. The Morgan fingerprint density at radius 2 is 2.04 bits per heavy atom. The molecule has 0 amide bonds. The van der Waals surface area contributed by atoms with E-state index in [0.29, 0.717) is 11.5 Å². The fraction of sp³-hybridized carbons (Fsp3) is 0.333. The number of aryl methyl sites for hydroxylation is 1. The molecule has 0 spiro atoms. The SMILES string of the molecule is Cl.Cn1cc2cc(-c3cn4nc(C5CCNCC5)sc4n3)cc(C#N)c2n1. The van der Waals surface area contributed by atoms with E-state index in [4.69, 9.17) is 10.1 Å². The van der Waals surface area contributed by atoms with Crippen LogP contribution in [0.5, 0.6) is 0 Å². The van der Waals surface area contributed by atoms with Gasteiger partial charge in [-0.2, -0.15) is 15.5 Å². The highest BCUT2D eigenvalue weighted by Gasteiger charge is 2.20. The number of aromatic nitrogens is 5. The van der Waals surface area contributed by atoms with Crippen molar-refractivity contribution < 1.29 is 0 Å². The number of nitrogens with zero attached hydrogens (tertiary/aromatic N) is 6. The molecule has 5 rings (SSSR count). The molecule has 1 aliphatic heterocycles. The lowest BCUT2D eigenvalue weighted by Gasteiger charge is -2.19. The van der Waals surface area contributed by atoms with Crippen LogP contribution in [0, 0.1) is 11.3 Å². The monoisotopic (exact) mass is 399 g/mol. The molecule has 0 saturated carbocycles. The van der Waals surface area contributed by atoms with Gasteiger partial charge in [-0.05, 0) is 38.1 Å². The molecule has 1 N–H and O–H groups in total. The minimum atomic E-state index is 0. The Bertz CT molecular complexity index is 1130. The lowest BCUT2D eigenvalue weighted by Crippen LogP contribution is -2.26. The lowest BCUT2D eigenvalue weighted by molar-refractivity contribution is 0.456. The predicted octanol–water partition coefficient (Wildman–Crippen LogP) is 3.10. The summed E-state index contributed by atoms with van der Waals surface area (Å²) in [5.41, 5.74) is 3.05. The van der Waals surface area contributed by atoms with Gasteiger partial charge >= 0.3 is 0 Å². The largest absolute Gasteiger partial charge is 0.317 e. The molecule has 4 aromatic rings. The molecular formula is C18H18ClN7S. The first kappa shape index (κ1) is 17.9. The summed E-state index contributed by atoms with van der Waals surface area (Å²) in [7, 11) is 1.86. The Labute approximate surface area is 166 Å². The summed E-state index contributed by atoms with van der Waals surface area (Å²) in [6, 6.07) is 6.13. The van der Waals surface area contributed by atoms with E-state index in [1.807, 2.05) is 36.1 Å². The van der Waals surface area contributed by atoms with Gasteiger partial charge in [0.05, 0.1) is 17.5 Å². The van der Waals surface area contributed by atoms with Gasteiger partial charge in [0.15, 0.2) is 0 Å². The second-order valence-electron chi connectivity index (χ2n) is 6.69. The number of halogens is 1. The van der Waals surface area contributed by atoms with E-state index < -0.39 is 0 Å². The average molecular weight is 400 g/mol. The van der Waals surface area contributed by atoms with Crippen molar-refractivity contribution in [3.63, 3.8) is 0 Å². The summed E-state index contributed by atoms with van der Waals surface area (Å²) in [6.45, 7) is 2.11. The number of fused-ring (bicyclic) bond motifs is 2. The highest BCUT2D eigenvalue weighted by molar-refractivity contribution is 7.16. The van der Waals surface area contributed by atoms with Gasteiger partial charge in [0.2, 0.25) is 4.96 Å². The Hall–Kier alpha value is -2.47. The fourth-order valence-corrected chi connectivity index (χ4v) is 4.63. The van der Waals surface area contributed by atoms with Crippen LogP contribution in [-0.2, 0) is 7.05 Å². The molecule has 7 nitrogen and oxygen atoms in total. The van der Waals surface area contributed by atoms with Crippen LogP contribution in [0.25, 0.3) is 27.1 Å². The van der Waals surface area contributed by atoms with Gasteiger partial charge in [0, 0.05) is 30.1 Å². The molecule has 1 aliphatic rings. The van der Waals surface area contributed by atoms with Gasteiger partial charge in [-0.15, -0.1) is 12.4 Å². The molecule has 0 unspecified atom stereocenters. The van der Waals surface area contributed by atoms with Gasteiger partial charge in [-0.1, -0.05) is 11.3 Å². The van der Waals surface area contributed by atoms with Crippen LogP contribution in [-0.4, -0.2) is 37.5 Å². The zero-order chi connectivity index (χ0) is 17.7. The zero-order valence-corrected chi connectivity index (χ0v) is 16.3. The van der Waals surface area contributed by atoms with Crippen LogP contribution in [0.15, 0.2) is 24.5 Å². The van der Waals surface area contributed by atoms with Crippen LogP contribution in [0.2, 0.25) is 0 Å². The maximum absolute atomic E-state index is 9.46. The van der Waals surface area contributed by atoms with Crippen LogP contribution >= 0.6 is 23.7 Å². The van der Waals surface area contributed by atoms with E-state index in [-0.39, 0.29) is 12.4 Å². The van der Waals surface area contributed by atoms with E-state index >= 15 is 0 Å². The molecule has 27 heavy (non-hydrogen) atoms. The van der Waals surface area contributed by atoms with E-state index in [2.05, 4.69) is 16.5 Å². The second-order valence-corrected chi connectivity index (χ2v) is 7.68. The Balaban J connectivity index is 0.00000180. The molecule has 1 saturated heterocycles. The molecule has 1 fully saturated rings. The number of rotatable bonds is 2. The van der Waals surface area contributed by atoms with Crippen molar-refractivity contribution in [1.82, 2.24) is 29.7 Å². The third kappa shape index (κ3) is 3.08. The topological polar surface area (TPSA) is 83.8 Å². The quantitative estimate of drug-likeness (QED) is 0.560. The van der Waals surface area contributed by atoms with E-state index in [1.54, 1.807) is 16.0 Å². The Morgan fingerprint density at radius 3 is 2.78 bits per heavy atom. The molecule has 138 valence electrons. The molecule has 1 aromatic carbocycles. The smallest absolute Gasteiger partial charge is 0.212 e. The first-order valence-corrected chi connectivity index (χ1v) is 9.47. The van der Waals surface area contributed by atoms with Crippen molar-refractivity contribution in [2.24, 2.45) is 7.05 Å². The number of piperidine rings is 1. The van der Waals surface area contributed by atoms with Crippen molar-refractivity contribution >= 4 is 39.6 Å². The summed E-state index contributed by atoms with van der Waals surface area (Å²) in [5, 5.41) is 24.1. The Morgan fingerprint density at radius 1 is 1.22 bits per heavy atom. The summed E-state index contributed by atoms with van der Waals surface area (Å²) < 4.78 is 3.60. The maximum Gasteiger partial charge on any atom is 0.212 e. The molecule has 3 aromatic heterocycles. The number of imidazole rings is 1. The number of hydrogen-bond donors (Lipinski definition) is 1. The summed E-state index contributed by atoms with van der Waals surface area (Å²) in [5.74, 6) is 0.531. The number of hydrogen-bond acceptors (Lipinski definition) is 6. The molecule has 0 aliphatic carbocycles. The van der Waals surface area contributed by atoms with Gasteiger partial charge < -0.3 is 5.32 Å². The van der Waals surface area contributed by atoms with Crippen molar-refractivity contribution in [3.8, 4) is 17.3 Å². The van der Waals surface area contributed by atoms with Gasteiger partial charge in [0.25, 0.3) is 0 Å². The summed E-state index contributed by atoms with van der Waals surface area (Å²) >= 11 is 1.67. The molecular weight excluding hydrogens is 382 g/mol. The normalized spacial score (nSPS) is 15.1. The second kappa shape index (κ2) is 6.93. The lowest BCUT2D eigenvalue weighted by atomic mass is 9.99. The zero-order valence-electron chi connectivity index (χ0n) is 14.7. The first-order chi connectivity index (χ1) is 12.7. The van der Waals surface area contributed by atoms with Crippen molar-refractivity contribution in [2.45, 2.75) is 18.8 Å². The van der Waals surface area contributed by atoms with Crippen LogP contribution in [0.1, 0.15) is 29.3 Å². The van der Waals surface area contributed by atoms with E-state index in [9.17, 15) is 5.26 Å². The number of nitrogens with one attached hydrogen (secondary N) is 1. The van der Waals surface area contributed by atoms with Gasteiger partial charge in [0.1, 0.15) is 16.6 Å². The molecule has 9 heteroatoms. The van der Waals surface area contributed by atoms with E-state index in [0.717, 1.165) is 53.1 Å². The molecule has 0 atom stereocenters. The third-order valence-corrected chi connectivity index (χ3v) is 5.97. The minimum absolute atomic E-state index is 0. The predicted molar refractivity (Wildman–Crippen MR) is 107 cm³/mol. The van der Waals surface area contributed by atoms with Gasteiger partial charge in [-0.3, -0.25) is 4.68 Å². The fourth-order valence-electron chi connectivity index (χ4n) is 3.58. The Kier molecular flexibility index (Phi) is 4.60. The van der Waals surface area contributed by atoms with Crippen molar-refractivity contribution in [1.29, 1.82) is 5.26 Å². The van der Waals surface area contributed by atoms with Crippen molar-refractivity contribution in [2.75, 3.05) is 13.1 Å². The molecule has 0 radical (unpaired) electrons. The van der Waals surface area contributed by atoms with Crippen LogP contribution in [0.4, 0.5) is 0 Å². The standard InChI is InChI=1S/C18H17N7S.ClH/c1-24-9-14-7-12(6-13(8-19)16(14)22-24)15-10-25-18(21-15)26-17(23-25)11-2-4-20-5-3-11;/h6-7,9-11,20H,2-5H2,1H3;1H. The molecule has 0 bridgehead atoms. The first-order valence-electron chi connectivity index (χ1n) is 8.66. The number of nitriles is 1. The van der Waals surface area contributed by atoms with Crippen LogP contribution < -0.4 is 5.32 Å². The summed E-state index contributed by atoms with van der Waals surface area (Å²) in [4.78, 5) is 5.66. The highest BCUT2D eigenvalue weighted by atomic mass is 35.5. The van der Waals surface area contributed by atoms with Crippen molar-refractivity contribution in [3.05, 3.63) is 35.1 Å². The van der Waals surface area contributed by atoms with Gasteiger partial charge in [-0.25, -0.2) is 9.50 Å². The van der Waals surface area contributed by atoms with Crippen LogP contribution in [0.3, 0.4) is 0 Å². The minimum Gasteiger partial charge on any atom is -0.317 e. The third-order valence-electron chi connectivity index (χ3n) is 4.89. The average Bonchev–Trinajstić information content (AvgIpc) is 3.33. The highest BCUT2D eigenvalue weighted by Crippen LogP contribution is 2.31. The van der Waals surface area contributed by atoms with E-state index in [1.165, 1.54) is 5.01 Å². The number of benzene rings is 1. The summed E-state index contributed by atoms with van der Waals surface area (Å²) in [6.07, 6.45) is 6.14.